The number of nitrogens with two attached hydrogens (primary N) is 1. The molecule has 2 aromatic carbocycles. The van der Waals surface area contributed by atoms with E-state index in [2.05, 4.69) is 4.98 Å². The Kier molecular flexibility index (Phi) is 4.39. The lowest BCUT2D eigenvalue weighted by Gasteiger charge is -2.22. The molecular formula is C17H15N3O4S. The van der Waals surface area contributed by atoms with Gasteiger partial charge in [-0.25, -0.2) is 23.3 Å². The molecule has 0 aliphatic carbocycles. The Morgan fingerprint density at radius 2 is 1.48 bits per heavy atom. The van der Waals surface area contributed by atoms with E-state index in [9.17, 15) is 18.3 Å². The average Bonchev–Trinajstić information content (AvgIpc) is 3.02. The van der Waals surface area contributed by atoms with Crippen LogP contribution >= 0.6 is 0 Å². The minimum Gasteiger partial charge on any atom is -0.477 e. The number of hydrogen-bond donors (Lipinski definition) is 2. The first-order chi connectivity index (χ1) is 11.9. The molecule has 1 aromatic heterocycles. The second-order valence-corrected chi connectivity index (χ2v) is 6.83. The van der Waals surface area contributed by atoms with Crippen LogP contribution in [0.15, 0.2) is 72.0 Å². The molecule has 0 saturated heterocycles. The van der Waals surface area contributed by atoms with Crippen LogP contribution in [0.5, 0.6) is 0 Å². The van der Waals surface area contributed by atoms with Crippen LogP contribution in [0.4, 0.5) is 0 Å². The second kappa shape index (κ2) is 6.50. The molecular weight excluding hydrogens is 342 g/mol. The van der Waals surface area contributed by atoms with Crippen LogP contribution < -0.4 is 5.14 Å². The molecule has 8 heteroatoms. The molecule has 1 heterocycles. The summed E-state index contributed by atoms with van der Waals surface area (Å²) in [5.41, 5.74) is 1.15. The number of carboxylic acids is 1. The number of rotatable bonds is 5. The Bertz CT molecular complexity index is 959. The zero-order valence-electron chi connectivity index (χ0n) is 13.0. The third-order valence-electron chi connectivity index (χ3n) is 3.73. The van der Waals surface area contributed by atoms with Crippen LogP contribution in [-0.4, -0.2) is 29.0 Å². The zero-order valence-corrected chi connectivity index (χ0v) is 13.8. The molecule has 0 aliphatic heterocycles. The Labute approximate surface area is 144 Å². The molecule has 7 nitrogen and oxygen atoms in total. The number of aromatic nitrogens is 2. The van der Waals surface area contributed by atoms with E-state index in [1.54, 1.807) is 48.5 Å². The maximum Gasteiger partial charge on any atom is 0.354 e. The van der Waals surface area contributed by atoms with Gasteiger partial charge in [0.05, 0.1) is 12.2 Å². The third-order valence-corrected chi connectivity index (χ3v) is 4.54. The zero-order chi connectivity index (χ0) is 18.0. The molecule has 3 aromatic rings. The van der Waals surface area contributed by atoms with Crippen LogP contribution in [0.3, 0.4) is 0 Å². The van der Waals surface area contributed by atoms with Crippen molar-refractivity contribution in [3.05, 3.63) is 83.7 Å². The maximum absolute atomic E-state index is 12.0. The molecule has 0 radical (unpaired) electrons. The number of imidazole rings is 1. The van der Waals surface area contributed by atoms with Gasteiger partial charge in [-0.3, -0.25) is 4.57 Å². The molecule has 0 saturated carbocycles. The lowest BCUT2D eigenvalue weighted by Crippen LogP contribution is -2.25. The fraction of sp³-hybridized carbons (Fsp3) is 0.0588. The van der Waals surface area contributed by atoms with E-state index in [0.717, 1.165) is 10.8 Å². The standard InChI is InChI=1S/C17H15N3O4S/c18-25(23,24)17-19-11-14(16(21)22)20(17)15(12-7-3-1-4-8-12)13-9-5-2-6-10-13/h1-11,15H,(H,21,22)(H2,18,23,24). The summed E-state index contributed by atoms with van der Waals surface area (Å²) >= 11 is 0. The SMILES string of the molecule is NS(=O)(=O)c1ncc(C(=O)O)n1C(c1ccccc1)c1ccccc1. The molecule has 0 amide bonds. The minimum absolute atomic E-state index is 0.262. The topological polar surface area (TPSA) is 115 Å². The van der Waals surface area contributed by atoms with Crippen LogP contribution in [0.1, 0.15) is 27.7 Å². The van der Waals surface area contributed by atoms with Crippen molar-refractivity contribution >= 4 is 16.0 Å². The fourth-order valence-electron chi connectivity index (χ4n) is 2.72. The summed E-state index contributed by atoms with van der Waals surface area (Å²) in [5, 5.41) is 14.3. The van der Waals surface area contributed by atoms with Crippen molar-refractivity contribution in [1.29, 1.82) is 0 Å². The molecule has 0 aliphatic rings. The lowest BCUT2D eigenvalue weighted by atomic mass is 9.98. The molecule has 0 atom stereocenters. The normalized spacial score (nSPS) is 11.6. The van der Waals surface area contributed by atoms with Crippen molar-refractivity contribution < 1.29 is 18.3 Å². The van der Waals surface area contributed by atoms with E-state index >= 15 is 0 Å². The van der Waals surface area contributed by atoms with Gasteiger partial charge in [0.15, 0.2) is 0 Å². The monoisotopic (exact) mass is 357 g/mol. The number of aromatic carboxylic acids is 1. The first kappa shape index (κ1) is 16.9. The number of nitrogens with zero attached hydrogens (tertiary/aromatic N) is 2. The van der Waals surface area contributed by atoms with E-state index in [1.807, 2.05) is 12.1 Å². The fourth-order valence-corrected chi connectivity index (χ4v) is 3.40. The summed E-state index contributed by atoms with van der Waals surface area (Å²) in [6.07, 6.45) is 1.00. The van der Waals surface area contributed by atoms with Gasteiger partial charge in [-0.15, -0.1) is 0 Å². The number of carbonyl (C=O) groups is 1. The van der Waals surface area contributed by atoms with Gasteiger partial charge in [-0.05, 0) is 11.1 Å². The number of benzene rings is 2. The molecule has 3 rings (SSSR count). The highest BCUT2D eigenvalue weighted by Crippen LogP contribution is 2.30. The summed E-state index contributed by atoms with van der Waals surface area (Å²) in [7, 11) is -4.22. The summed E-state index contributed by atoms with van der Waals surface area (Å²) in [4.78, 5) is 15.4. The van der Waals surface area contributed by atoms with Gasteiger partial charge in [-0.2, -0.15) is 0 Å². The van der Waals surface area contributed by atoms with Gasteiger partial charge >= 0.3 is 5.97 Å². The van der Waals surface area contributed by atoms with Gasteiger partial charge in [0.1, 0.15) is 5.69 Å². The molecule has 128 valence electrons. The molecule has 3 N–H and O–H groups in total. The van der Waals surface area contributed by atoms with Crippen molar-refractivity contribution in [2.75, 3.05) is 0 Å². The number of hydrogen-bond acceptors (Lipinski definition) is 4. The summed E-state index contributed by atoms with van der Waals surface area (Å²) in [6.45, 7) is 0. The summed E-state index contributed by atoms with van der Waals surface area (Å²) < 4.78 is 25.1. The van der Waals surface area contributed by atoms with Crippen molar-refractivity contribution in [2.45, 2.75) is 11.2 Å². The van der Waals surface area contributed by atoms with Crippen LogP contribution in [-0.2, 0) is 10.0 Å². The van der Waals surface area contributed by atoms with Crippen LogP contribution in [0, 0.1) is 0 Å². The average molecular weight is 357 g/mol. The van der Waals surface area contributed by atoms with E-state index in [-0.39, 0.29) is 5.69 Å². The number of carboxylic acid groups (broad SMARTS) is 1. The van der Waals surface area contributed by atoms with E-state index < -0.39 is 27.2 Å². The van der Waals surface area contributed by atoms with Gasteiger partial charge in [-0.1, -0.05) is 60.7 Å². The highest BCUT2D eigenvalue weighted by Gasteiger charge is 2.29. The van der Waals surface area contributed by atoms with Crippen LogP contribution in [0.25, 0.3) is 0 Å². The third kappa shape index (κ3) is 3.30. The Hall–Kier alpha value is -2.97. The first-order valence-corrected chi connectivity index (χ1v) is 8.87. The van der Waals surface area contributed by atoms with Crippen LogP contribution in [0.2, 0.25) is 0 Å². The second-order valence-electron chi connectivity index (χ2n) is 5.37. The molecule has 0 spiro atoms. The Morgan fingerprint density at radius 1 is 1.00 bits per heavy atom. The van der Waals surface area contributed by atoms with Gasteiger partial charge < -0.3 is 5.11 Å². The highest BCUT2D eigenvalue weighted by atomic mass is 32.2. The van der Waals surface area contributed by atoms with Crippen molar-refractivity contribution in [3.8, 4) is 0 Å². The van der Waals surface area contributed by atoms with E-state index in [1.165, 1.54) is 0 Å². The predicted molar refractivity (Wildman–Crippen MR) is 90.7 cm³/mol. The summed E-state index contributed by atoms with van der Waals surface area (Å²) in [6, 6.07) is 17.2. The van der Waals surface area contributed by atoms with Gasteiger partial charge in [0, 0.05) is 0 Å². The largest absolute Gasteiger partial charge is 0.477 e. The molecule has 0 bridgehead atoms. The quantitative estimate of drug-likeness (QED) is 0.723. The highest BCUT2D eigenvalue weighted by molar-refractivity contribution is 7.89. The maximum atomic E-state index is 12.0. The molecule has 25 heavy (non-hydrogen) atoms. The molecule has 0 fully saturated rings. The number of sulfonamides is 1. The minimum atomic E-state index is -4.22. The van der Waals surface area contributed by atoms with Gasteiger partial charge in [0.2, 0.25) is 5.16 Å². The van der Waals surface area contributed by atoms with Gasteiger partial charge in [0.25, 0.3) is 10.0 Å². The Balaban J connectivity index is 2.35. The molecule has 0 unspecified atom stereocenters. The predicted octanol–water partition coefficient (Wildman–Crippen LogP) is 1.87. The summed E-state index contributed by atoms with van der Waals surface area (Å²) in [5.74, 6) is -1.29. The van der Waals surface area contributed by atoms with E-state index in [4.69, 9.17) is 5.14 Å². The van der Waals surface area contributed by atoms with Crippen molar-refractivity contribution in [1.82, 2.24) is 9.55 Å². The van der Waals surface area contributed by atoms with E-state index in [0.29, 0.717) is 11.1 Å². The van der Waals surface area contributed by atoms with Crippen molar-refractivity contribution in [3.63, 3.8) is 0 Å². The van der Waals surface area contributed by atoms with Crippen molar-refractivity contribution in [2.24, 2.45) is 5.14 Å². The number of primary sulfonamides is 1. The Morgan fingerprint density at radius 3 is 1.88 bits per heavy atom. The smallest absolute Gasteiger partial charge is 0.354 e. The lowest BCUT2D eigenvalue weighted by molar-refractivity contribution is 0.0683. The first-order valence-electron chi connectivity index (χ1n) is 7.33.